The summed E-state index contributed by atoms with van der Waals surface area (Å²) in [6.07, 6.45) is 4.40. The van der Waals surface area contributed by atoms with Crippen molar-refractivity contribution in [3.63, 3.8) is 0 Å². The summed E-state index contributed by atoms with van der Waals surface area (Å²) in [7, 11) is 0. The molecule has 1 saturated heterocycles. The Balaban J connectivity index is 2.07. The maximum atomic E-state index is 10.5. The molecule has 3 heteroatoms. The highest BCUT2D eigenvalue weighted by atomic mass is 16.5. The van der Waals surface area contributed by atoms with E-state index in [4.69, 9.17) is 9.47 Å². The van der Waals surface area contributed by atoms with Gasteiger partial charge in [0.1, 0.15) is 11.4 Å². The Labute approximate surface area is 91.1 Å². The molecule has 0 saturated carbocycles. The summed E-state index contributed by atoms with van der Waals surface area (Å²) in [5, 5.41) is 10.5. The Morgan fingerprint density at radius 1 is 1.47 bits per heavy atom. The molecule has 2 heterocycles. The number of rotatable bonds is 2. The van der Waals surface area contributed by atoms with Crippen LogP contribution >= 0.6 is 0 Å². The van der Waals surface area contributed by atoms with Crippen LogP contribution in [0.25, 0.3) is 0 Å². The fraction of sp³-hybridized carbons (Fsp3) is 0.833. The molecule has 1 N–H and O–H groups in total. The first-order valence-electron chi connectivity index (χ1n) is 5.79. The van der Waals surface area contributed by atoms with E-state index in [-0.39, 0.29) is 6.10 Å². The van der Waals surface area contributed by atoms with E-state index in [0.717, 1.165) is 12.2 Å². The summed E-state index contributed by atoms with van der Waals surface area (Å²) in [5.74, 6) is 1.22. The highest BCUT2D eigenvalue weighted by molar-refractivity contribution is 5.14. The summed E-state index contributed by atoms with van der Waals surface area (Å²) >= 11 is 0. The van der Waals surface area contributed by atoms with Crippen LogP contribution in [0.15, 0.2) is 11.8 Å². The molecule has 1 fully saturated rings. The van der Waals surface area contributed by atoms with Gasteiger partial charge in [-0.15, -0.1) is 0 Å². The summed E-state index contributed by atoms with van der Waals surface area (Å²) < 4.78 is 11.1. The molecule has 2 aliphatic rings. The van der Waals surface area contributed by atoms with Crippen molar-refractivity contribution >= 4 is 0 Å². The molecule has 3 nitrogen and oxygen atoms in total. The van der Waals surface area contributed by atoms with Gasteiger partial charge in [0.25, 0.3) is 0 Å². The third kappa shape index (κ3) is 2.18. The molecular formula is C12H20O3. The Bertz CT molecular complexity index is 260. The van der Waals surface area contributed by atoms with E-state index in [2.05, 4.69) is 13.8 Å². The molecule has 0 amide bonds. The lowest BCUT2D eigenvalue weighted by Crippen LogP contribution is -2.44. The largest absolute Gasteiger partial charge is 0.495 e. The second-order valence-electron chi connectivity index (χ2n) is 4.84. The lowest BCUT2D eigenvalue weighted by Gasteiger charge is -2.38. The summed E-state index contributed by atoms with van der Waals surface area (Å²) in [6, 6.07) is 0. The predicted octanol–water partition coefficient (Wildman–Crippen LogP) is 1.86. The van der Waals surface area contributed by atoms with Crippen molar-refractivity contribution in [2.24, 2.45) is 5.92 Å². The van der Waals surface area contributed by atoms with Gasteiger partial charge in [-0.2, -0.15) is 0 Å². The van der Waals surface area contributed by atoms with Crippen LogP contribution in [0.4, 0.5) is 0 Å². The van der Waals surface area contributed by atoms with E-state index in [0.29, 0.717) is 32.0 Å². The van der Waals surface area contributed by atoms with Crippen molar-refractivity contribution in [1.29, 1.82) is 0 Å². The molecule has 2 unspecified atom stereocenters. The normalized spacial score (nSPS) is 36.5. The Kier molecular flexibility index (Phi) is 3.03. The van der Waals surface area contributed by atoms with Gasteiger partial charge in [0.2, 0.25) is 0 Å². The molecule has 0 spiro atoms. The van der Waals surface area contributed by atoms with Crippen LogP contribution in [0.3, 0.4) is 0 Å². The molecule has 15 heavy (non-hydrogen) atoms. The first-order valence-corrected chi connectivity index (χ1v) is 5.79. The molecular weight excluding hydrogens is 192 g/mol. The van der Waals surface area contributed by atoms with Crippen LogP contribution in [0.5, 0.6) is 0 Å². The average molecular weight is 212 g/mol. The Morgan fingerprint density at radius 3 is 2.87 bits per heavy atom. The van der Waals surface area contributed by atoms with Crippen molar-refractivity contribution in [1.82, 2.24) is 0 Å². The topological polar surface area (TPSA) is 38.7 Å². The zero-order chi connectivity index (χ0) is 10.9. The minimum Gasteiger partial charge on any atom is -0.495 e. The van der Waals surface area contributed by atoms with E-state index in [1.165, 1.54) is 0 Å². The Hall–Kier alpha value is -0.540. The van der Waals surface area contributed by atoms with Gasteiger partial charge in [0.05, 0.1) is 19.3 Å². The van der Waals surface area contributed by atoms with Crippen LogP contribution in [-0.2, 0) is 9.47 Å². The third-order valence-corrected chi connectivity index (χ3v) is 3.29. The molecule has 0 aromatic rings. The van der Waals surface area contributed by atoms with Gasteiger partial charge in [0, 0.05) is 19.3 Å². The number of ether oxygens (including phenoxy) is 2. The van der Waals surface area contributed by atoms with Gasteiger partial charge in [-0.1, -0.05) is 13.8 Å². The lowest BCUT2D eigenvalue weighted by molar-refractivity contribution is -0.116. The van der Waals surface area contributed by atoms with E-state index in [9.17, 15) is 5.11 Å². The maximum absolute atomic E-state index is 10.5. The van der Waals surface area contributed by atoms with E-state index in [1.807, 2.05) is 6.08 Å². The van der Waals surface area contributed by atoms with E-state index >= 15 is 0 Å². The highest BCUT2D eigenvalue weighted by Crippen LogP contribution is 2.36. The zero-order valence-electron chi connectivity index (χ0n) is 9.53. The smallest absolute Gasteiger partial charge is 0.126 e. The summed E-state index contributed by atoms with van der Waals surface area (Å²) in [5.41, 5.74) is -0.774. The van der Waals surface area contributed by atoms with Crippen LogP contribution in [0, 0.1) is 5.92 Å². The second-order valence-corrected chi connectivity index (χ2v) is 4.84. The molecule has 86 valence electrons. The first kappa shape index (κ1) is 11.0. The predicted molar refractivity (Wildman–Crippen MR) is 57.4 cm³/mol. The van der Waals surface area contributed by atoms with Crippen molar-refractivity contribution in [3.05, 3.63) is 11.8 Å². The van der Waals surface area contributed by atoms with Crippen molar-refractivity contribution in [2.45, 2.75) is 44.8 Å². The molecule has 2 atom stereocenters. The van der Waals surface area contributed by atoms with Gasteiger partial charge < -0.3 is 14.6 Å². The second kappa shape index (κ2) is 4.14. The molecule has 0 bridgehead atoms. The molecule has 0 aromatic heterocycles. The minimum atomic E-state index is -0.774. The molecule has 0 radical (unpaired) electrons. The SMILES string of the molecule is CC(C)C1CC(O)(C2=CCCO2)CCO1. The minimum absolute atomic E-state index is 0.147. The third-order valence-electron chi connectivity index (χ3n) is 3.29. The van der Waals surface area contributed by atoms with Gasteiger partial charge in [0.15, 0.2) is 0 Å². The molecule has 2 rings (SSSR count). The zero-order valence-corrected chi connectivity index (χ0v) is 9.53. The van der Waals surface area contributed by atoms with Crippen LogP contribution in [0.1, 0.15) is 33.1 Å². The number of hydrogen-bond donors (Lipinski definition) is 1. The fourth-order valence-corrected chi connectivity index (χ4v) is 2.27. The van der Waals surface area contributed by atoms with Gasteiger partial charge in [-0.25, -0.2) is 0 Å². The van der Waals surface area contributed by atoms with Crippen molar-refractivity contribution < 1.29 is 14.6 Å². The fourth-order valence-electron chi connectivity index (χ4n) is 2.27. The van der Waals surface area contributed by atoms with Crippen LogP contribution in [-0.4, -0.2) is 30.0 Å². The Morgan fingerprint density at radius 2 is 2.27 bits per heavy atom. The molecule has 0 aliphatic carbocycles. The number of aliphatic hydroxyl groups is 1. The first-order chi connectivity index (χ1) is 7.12. The van der Waals surface area contributed by atoms with Crippen LogP contribution < -0.4 is 0 Å². The van der Waals surface area contributed by atoms with Gasteiger partial charge in [-0.05, 0) is 12.0 Å². The van der Waals surface area contributed by atoms with E-state index in [1.54, 1.807) is 0 Å². The lowest BCUT2D eigenvalue weighted by atomic mass is 9.84. The monoisotopic (exact) mass is 212 g/mol. The quantitative estimate of drug-likeness (QED) is 0.759. The van der Waals surface area contributed by atoms with E-state index < -0.39 is 5.60 Å². The van der Waals surface area contributed by atoms with Crippen molar-refractivity contribution in [2.75, 3.05) is 13.2 Å². The van der Waals surface area contributed by atoms with Gasteiger partial charge in [-0.3, -0.25) is 0 Å². The van der Waals surface area contributed by atoms with Gasteiger partial charge >= 0.3 is 0 Å². The van der Waals surface area contributed by atoms with Crippen molar-refractivity contribution in [3.8, 4) is 0 Å². The maximum Gasteiger partial charge on any atom is 0.126 e. The average Bonchev–Trinajstić information content (AvgIpc) is 2.71. The summed E-state index contributed by atoms with van der Waals surface area (Å²) in [6.45, 7) is 5.59. The number of hydrogen-bond acceptors (Lipinski definition) is 3. The summed E-state index contributed by atoms with van der Waals surface area (Å²) in [4.78, 5) is 0. The van der Waals surface area contributed by atoms with Crippen LogP contribution in [0.2, 0.25) is 0 Å². The highest BCUT2D eigenvalue weighted by Gasteiger charge is 2.41. The molecule has 0 aromatic carbocycles. The molecule has 2 aliphatic heterocycles. The standard InChI is InChI=1S/C12H20O3/c1-9(2)10-8-12(13,5-7-14-10)11-4-3-6-15-11/h4,9-10,13H,3,5-8H2,1-2H3.